The van der Waals surface area contributed by atoms with Gasteiger partial charge in [0.15, 0.2) is 0 Å². The highest BCUT2D eigenvalue weighted by Crippen LogP contribution is 2.31. The Balaban J connectivity index is 1.61. The number of para-hydroxylation sites is 1. The molecule has 142 valence electrons. The minimum atomic E-state index is -4.82. The average Bonchev–Trinajstić information content (AvgIpc) is 2.98. The van der Waals surface area contributed by atoms with Gasteiger partial charge < -0.3 is 9.72 Å². The van der Waals surface area contributed by atoms with Crippen LogP contribution in [0.1, 0.15) is 11.3 Å². The first-order valence-electron chi connectivity index (χ1n) is 8.18. The summed E-state index contributed by atoms with van der Waals surface area (Å²) >= 11 is 0. The number of sulfonamides is 1. The van der Waals surface area contributed by atoms with Gasteiger partial charge in [0.25, 0.3) is 0 Å². The fraction of sp³-hybridized carbons (Fsp3) is 0.222. The van der Waals surface area contributed by atoms with Crippen molar-refractivity contribution in [1.82, 2.24) is 9.29 Å². The molecule has 1 aliphatic heterocycles. The van der Waals surface area contributed by atoms with Crippen molar-refractivity contribution in [2.24, 2.45) is 0 Å². The Labute approximate surface area is 153 Å². The first kappa shape index (κ1) is 17.9. The van der Waals surface area contributed by atoms with Gasteiger partial charge in [0, 0.05) is 36.1 Å². The van der Waals surface area contributed by atoms with Crippen LogP contribution in [0, 0.1) is 0 Å². The Morgan fingerprint density at radius 2 is 1.74 bits per heavy atom. The van der Waals surface area contributed by atoms with Crippen LogP contribution in [0.4, 0.5) is 13.2 Å². The molecule has 0 spiro atoms. The van der Waals surface area contributed by atoms with Crippen LogP contribution in [0.2, 0.25) is 0 Å². The lowest BCUT2D eigenvalue weighted by molar-refractivity contribution is -0.274. The lowest BCUT2D eigenvalue weighted by atomic mass is 10.1. The Kier molecular flexibility index (Phi) is 4.15. The van der Waals surface area contributed by atoms with Crippen LogP contribution in [0.15, 0.2) is 53.4 Å². The molecule has 4 rings (SSSR count). The molecule has 2 heterocycles. The van der Waals surface area contributed by atoms with E-state index in [1.807, 2.05) is 24.3 Å². The molecular weight excluding hydrogens is 381 g/mol. The number of hydrogen-bond donors (Lipinski definition) is 1. The molecule has 1 aliphatic rings. The smallest absolute Gasteiger partial charge is 0.406 e. The second-order valence-electron chi connectivity index (χ2n) is 6.24. The molecule has 27 heavy (non-hydrogen) atoms. The van der Waals surface area contributed by atoms with Crippen LogP contribution in [-0.2, 0) is 23.0 Å². The minimum Gasteiger partial charge on any atom is -0.406 e. The number of fused-ring (bicyclic) bond motifs is 3. The standard InChI is InChI=1S/C18H15F3N2O3S/c19-18(20,21)26-12-5-7-13(8-6-12)27(24,25)23-10-9-17-15(11-23)14-3-1-2-4-16(14)22-17/h1-8,22H,9-11H2. The van der Waals surface area contributed by atoms with E-state index in [0.717, 1.165) is 46.4 Å². The lowest BCUT2D eigenvalue weighted by Crippen LogP contribution is -2.35. The quantitative estimate of drug-likeness (QED) is 0.732. The number of nitrogens with zero attached hydrogens (tertiary/aromatic N) is 1. The number of ether oxygens (including phenoxy) is 1. The van der Waals surface area contributed by atoms with E-state index in [2.05, 4.69) is 9.72 Å². The maximum atomic E-state index is 12.9. The number of rotatable bonds is 3. The number of alkyl halides is 3. The maximum absolute atomic E-state index is 12.9. The fourth-order valence-corrected chi connectivity index (χ4v) is 4.72. The summed E-state index contributed by atoms with van der Waals surface area (Å²) in [5.41, 5.74) is 2.89. The van der Waals surface area contributed by atoms with E-state index in [4.69, 9.17) is 0 Å². The highest BCUT2D eigenvalue weighted by Gasteiger charge is 2.32. The zero-order valence-corrected chi connectivity index (χ0v) is 14.8. The van der Waals surface area contributed by atoms with E-state index < -0.39 is 22.1 Å². The highest BCUT2D eigenvalue weighted by atomic mass is 32.2. The molecule has 5 nitrogen and oxygen atoms in total. The molecule has 0 radical (unpaired) electrons. The van der Waals surface area contributed by atoms with Gasteiger partial charge in [-0.1, -0.05) is 18.2 Å². The Hall–Kier alpha value is -2.52. The first-order chi connectivity index (χ1) is 12.7. The van der Waals surface area contributed by atoms with E-state index in [0.29, 0.717) is 13.0 Å². The third-order valence-corrected chi connectivity index (χ3v) is 6.40. The molecule has 1 aromatic heterocycles. The van der Waals surface area contributed by atoms with Crippen molar-refractivity contribution >= 4 is 20.9 Å². The zero-order valence-electron chi connectivity index (χ0n) is 14.0. The molecule has 0 fully saturated rings. The molecule has 0 aliphatic carbocycles. The van der Waals surface area contributed by atoms with E-state index in [1.54, 1.807) is 0 Å². The van der Waals surface area contributed by atoms with Crippen molar-refractivity contribution in [3.05, 3.63) is 59.8 Å². The molecule has 9 heteroatoms. The van der Waals surface area contributed by atoms with Gasteiger partial charge in [0.2, 0.25) is 10.0 Å². The summed E-state index contributed by atoms with van der Waals surface area (Å²) in [7, 11) is -3.83. The van der Waals surface area contributed by atoms with Crippen molar-refractivity contribution < 1.29 is 26.3 Å². The molecular formula is C18H15F3N2O3S. The van der Waals surface area contributed by atoms with E-state index in [-0.39, 0.29) is 11.4 Å². The zero-order chi connectivity index (χ0) is 19.2. The number of benzene rings is 2. The van der Waals surface area contributed by atoms with Gasteiger partial charge in [0.05, 0.1) is 4.90 Å². The lowest BCUT2D eigenvalue weighted by Gasteiger charge is -2.26. The van der Waals surface area contributed by atoms with Crippen LogP contribution >= 0.6 is 0 Å². The Morgan fingerprint density at radius 1 is 1.04 bits per heavy atom. The molecule has 0 amide bonds. The monoisotopic (exact) mass is 396 g/mol. The van der Waals surface area contributed by atoms with Crippen LogP contribution in [0.3, 0.4) is 0 Å². The van der Waals surface area contributed by atoms with Gasteiger partial charge in [-0.05, 0) is 35.9 Å². The molecule has 0 bridgehead atoms. The predicted octanol–water partition coefficient (Wildman–Crippen LogP) is 3.81. The predicted molar refractivity (Wildman–Crippen MR) is 92.7 cm³/mol. The normalized spacial score (nSPS) is 15.7. The summed E-state index contributed by atoms with van der Waals surface area (Å²) in [6.07, 6.45) is -4.28. The number of nitrogens with one attached hydrogen (secondary N) is 1. The summed E-state index contributed by atoms with van der Waals surface area (Å²) in [6.45, 7) is 0.505. The largest absolute Gasteiger partial charge is 0.573 e. The van der Waals surface area contributed by atoms with Gasteiger partial charge in [-0.25, -0.2) is 8.42 Å². The van der Waals surface area contributed by atoms with Crippen molar-refractivity contribution in [2.45, 2.75) is 24.2 Å². The van der Waals surface area contributed by atoms with Gasteiger partial charge >= 0.3 is 6.36 Å². The Morgan fingerprint density at radius 3 is 2.44 bits per heavy atom. The molecule has 0 atom stereocenters. The van der Waals surface area contributed by atoms with Crippen molar-refractivity contribution in [3.8, 4) is 5.75 Å². The summed E-state index contributed by atoms with van der Waals surface area (Å²) in [5, 5.41) is 0.973. The van der Waals surface area contributed by atoms with E-state index in [1.165, 1.54) is 4.31 Å². The van der Waals surface area contributed by atoms with Crippen LogP contribution < -0.4 is 4.74 Å². The summed E-state index contributed by atoms with van der Waals surface area (Å²) < 4.78 is 67.7. The minimum absolute atomic E-state index is 0.0692. The van der Waals surface area contributed by atoms with E-state index >= 15 is 0 Å². The number of H-pyrrole nitrogens is 1. The molecule has 0 saturated carbocycles. The maximum Gasteiger partial charge on any atom is 0.573 e. The third-order valence-electron chi connectivity index (χ3n) is 4.54. The number of aromatic amines is 1. The SMILES string of the molecule is O=S(=O)(c1ccc(OC(F)(F)F)cc1)N1CCc2[nH]c3ccccc3c2C1. The number of halogens is 3. The molecule has 0 saturated heterocycles. The summed E-state index contributed by atoms with van der Waals surface area (Å²) in [6, 6.07) is 11.9. The molecule has 3 aromatic rings. The van der Waals surface area contributed by atoms with E-state index in [9.17, 15) is 21.6 Å². The molecule has 1 N–H and O–H groups in total. The highest BCUT2D eigenvalue weighted by molar-refractivity contribution is 7.89. The number of hydrogen-bond acceptors (Lipinski definition) is 3. The van der Waals surface area contributed by atoms with Crippen molar-refractivity contribution in [2.75, 3.05) is 6.54 Å². The first-order valence-corrected chi connectivity index (χ1v) is 9.62. The van der Waals surface area contributed by atoms with Crippen LogP contribution in [0.5, 0.6) is 5.75 Å². The summed E-state index contributed by atoms with van der Waals surface area (Å²) in [5.74, 6) is -0.459. The molecule has 2 aromatic carbocycles. The van der Waals surface area contributed by atoms with Crippen LogP contribution in [0.25, 0.3) is 10.9 Å². The third kappa shape index (κ3) is 3.40. The summed E-state index contributed by atoms with van der Waals surface area (Å²) in [4.78, 5) is 3.24. The topological polar surface area (TPSA) is 62.4 Å². The van der Waals surface area contributed by atoms with Gasteiger partial charge in [-0.2, -0.15) is 4.31 Å². The van der Waals surface area contributed by atoms with Gasteiger partial charge in [0.1, 0.15) is 5.75 Å². The van der Waals surface area contributed by atoms with Crippen molar-refractivity contribution in [3.63, 3.8) is 0 Å². The Bertz CT molecular complexity index is 1090. The second-order valence-corrected chi connectivity index (χ2v) is 8.17. The fourth-order valence-electron chi connectivity index (χ4n) is 3.31. The number of aromatic nitrogens is 1. The molecule has 0 unspecified atom stereocenters. The second kappa shape index (κ2) is 6.28. The van der Waals surface area contributed by atoms with Gasteiger partial charge in [-0.3, -0.25) is 0 Å². The average molecular weight is 396 g/mol. The van der Waals surface area contributed by atoms with Crippen LogP contribution in [-0.4, -0.2) is 30.6 Å². The van der Waals surface area contributed by atoms with Crippen molar-refractivity contribution in [1.29, 1.82) is 0 Å². The van der Waals surface area contributed by atoms with Gasteiger partial charge in [-0.15, -0.1) is 13.2 Å².